The number of anilines is 1. The molecule has 3 nitrogen and oxygen atoms in total. The Labute approximate surface area is 117 Å². The lowest BCUT2D eigenvalue weighted by molar-refractivity contribution is -0.114. The summed E-state index contributed by atoms with van der Waals surface area (Å²) in [7, 11) is 0. The van der Waals surface area contributed by atoms with Gasteiger partial charge in [0.2, 0.25) is 5.91 Å². The van der Waals surface area contributed by atoms with Crippen molar-refractivity contribution in [1.82, 2.24) is 0 Å². The molecule has 0 fully saturated rings. The third-order valence-corrected chi connectivity index (χ3v) is 3.04. The van der Waals surface area contributed by atoms with Crippen molar-refractivity contribution in [2.75, 3.05) is 11.9 Å². The van der Waals surface area contributed by atoms with E-state index < -0.39 is 0 Å². The predicted molar refractivity (Wildman–Crippen MR) is 79.3 cm³/mol. The summed E-state index contributed by atoms with van der Waals surface area (Å²) in [5.74, 6) is -0.209. The highest BCUT2D eigenvalue weighted by atomic mass is 35.5. The fourth-order valence-corrected chi connectivity index (χ4v) is 1.96. The van der Waals surface area contributed by atoms with E-state index in [4.69, 9.17) is 17.3 Å². The van der Waals surface area contributed by atoms with Gasteiger partial charge in [0, 0.05) is 16.3 Å². The second kappa shape index (κ2) is 5.87. The first kappa shape index (κ1) is 13.6. The number of nitrogens with one attached hydrogen (secondary N) is 1. The number of rotatable bonds is 3. The Bertz CT molecular complexity index is 594. The molecular weight excluding hydrogens is 260 g/mol. The van der Waals surface area contributed by atoms with Gasteiger partial charge >= 0.3 is 0 Å². The van der Waals surface area contributed by atoms with Gasteiger partial charge in [-0.1, -0.05) is 35.4 Å². The van der Waals surface area contributed by atoms with Gasteiger partial charge < -0.3 is 11.1 Å². The molecule has 0 spiro atoms. The quantitative estimate of drug-likeness (QED) is 0.903. The van der Waals surface area contributed by atoms with Crippen molar-refractivity contribution in [2.24, 2.45) is 5.73 Å². The van der Waals surface area contributed by atoms with E-state index in [0.717, 1.165) is 22.4 Å². The minimum Gasteiger partial charge on any atom is -0.324 e. The highest BCUT2D eigenvalue weighted by molar-refractivity contribution is 6.30. The molecule has 0 saturated carbocycles. The number of halogens is 1. The van der Waals surface area contributed by atoms with Crippen LogP contribution < -0.4 is 11.1 Å². The van der Waals surface area contributed by atoms with Crippen LogP contribution in [-0.2, 0) is 4.79 Å². The number of amides is 1. The molecule has 0 saturated heterocycles. The molecule has 2 rings (SSSR count). The Morgan fingerprint density at radius 3 is 2.53 bits per heavy atom. The molecule has 0 atom stereocenters. The number of carbonyl (C=O) groups excluding carboxylic acids is 1. The summed E-state index contributed by atoms with van der Waals surface area (Å²) in [4.78, 5) is 11.4. The van der Waals surface area contributed by atoms with Crippen LogP contribution in [0.1, 0.15) is 5.56 Å². The van der Waals surface area contributed by atoms with Gasteiger partial charge in [-0.3, -0.25) is 4.79 Å². The van der Waals surface area contributed by atoms with E-state index in [9.17, 15) is 4.79 Å². The van der Waals surface area contributed by atoms with Gasteiger partial charge in [0.25, 0.3) is 0 Å². The van der Waals surface area contributed by atoms with Crippen LogP contribution in [0.3, 0.4) is 0 Å². The summed E-state index contributed by atoms with van der Waals surface area (Å²) in [5, 5.41) is 3.49. The average molecular weight is 275 g/mol. The first-order valence-corrected chi connectivity index (χ1v) is 6.34. The second-order valence-electron chi connectivity index (χ2n) is 4.31. The molecule has 0 aliphatic heterocycles. The maximum atomic E-state index is 11.4. The SMILES string of the molecule is Cc1ccc(NC(=O)CN)c(-c2ccc(Cl)cc2)c1. The Hall–Kier alpha value is -1.84. The Morgan fingerprint density at radius 2 is 1.89 bits per heavy atom. The van der Waals surface area contributed by atoms with E-state index in [1.165, 1.54) is 0 Å². The highest BCUT2D eigenvalue weighted by Gasteiger charge is 2.08. The van der Waals surface area contributed by atoms with E-state index in [0.29, 0.717) is 5.02 Å². The average Bonchev–Trinajstić information content (AvgIpc) is 2.41. The number of benzene rings is 2. The summed E-state index contributed by atoms with van der Waals surface area (Å²) in [6.07, 6.45) is 0. The monoisotopic (exact) mass is 274 g/mol. The van der Waals surface area contributed by atoms with Gasteiger partial charge in [-0.05, 0) is 36.8 Å². The first-order chi connectivity index (χ1) is 9.10. The number of hydrogen-bond acceptors (Lipinski definition) is 2. The van der Waals surface area contributed by atoms with Crippen LogP contribution in [-0.4, -0.2) is 12.5 Å². The van der Waals surface area contributed by atoms with Crippen molar-refractivity contribution >= 4 is 23.2 Å². The van der Waals surface area contributed by atoms with Crippen LogP contribution in [0.4, 0.5) is 5.69 Å². The number of carbonyl (C=O) groups is 1. The van der Waals surface area contributed by atoms with Crippen molar-refractivity contribution in [3.05, 3.63) is 53.1 Å². The zero-order valence-electron chi connectivity index (χ0n) is 10.6. The lowest BCUT2D eigenvalue weighted by atomic mass is 10.0. The second-order valence-corrected chi connectivity index (χ2v) is 4.74. The maximum Gasteiger partial charge on any atom is 0.238 e. The fraction of sp³-hybridized carbons (Fsp3) is 0.133. The van der Waals surface area contributed by atoms with Gasteiger partial charge in [0.1, 0.15) is 0 Å². The molecule has 19 heavy (non-hydrogen) atoms. The highest BCUT2D eigenvalue weighted by Crippen LogP contribution is 2.30. The van der Waals surface area contributed by atoms with Gasteiger partial charge in [-0.25, -0.2) is 0 Å². The van der Waals surface area contributed by atoms with Gasteiger partial charge in [0.15, 0.2) is 0 Å². The van der Waals surface area contributed by atoms with E-state index in [2.05, 4.69) is 5.32 Å². The third-order valence-electron chi connectivity index (χ3n) is 2.79. The van der Waals surface area contributed by atoms with E-state index in [-0.39, 0.29) is 12.5 Å². The predicted octanol–water partition coefficient (Wildman–Crippen LogP) is 3.21. The minimum atomic E-state index is -0.209. The number of nitrogens with two attached hydrogens (primary N) is 1. The molecule has 3 N–H and O–H groups in total. The molecule has 0 unspecified atom stereocenters. The normalized spacial score (nSPS) is 10.3. The summed E-state index contributed by atoms with van der Waals surface area (Å²) in [6, 6.07) is 13.4. The molecule has 4 heteroatoms. The molecule has 0 heterocycles. The summed E-state index contributed by atoms with van der Waals surface area (Å²) >= 11 is 5.89. The van der Waals surface area contributed by atoms with Crippen LogP contribution in [0.5, 0.6) is 0 Å². The Kier molecular flexibility index (Phi) is 4.20. The lowest BCUT2D eigenvalue weighted by Gasteiger charge is -2.12. The van der Waals surface area contributed by atoms with Crippen LogP contribution >= 0.6 is 11.6 Å². The fourth-order valence-electron chi connectivity index (χ4n) is 1.84. The minimum absolute atomic E-state index is 0.0338. The van der Waals surface area contributed by atoms with Crippen LogP contribution in [0.2, 0.25) is 5.02 Å². The van der Waals surface area contributed by atoms with Crippen molar-refractivity contribution < 1.29 is 4.79 Å². The van der Waals surface area contributed by atoms with Gasteiger partial charge in [-0.2, -0.15) is 0 Å². The van der Waals surface area contributed by atoms with Crippen molar-refractivity contribution in [3.8, 4) is 11.1 Å². The Balaban J connectivity index is 2.45. The van der Waals surface area contributed by atoms with Gasteiger partial charge in [0.05, 0.1) is 6.54 Å². The first-order valence-electron chi connectivity index (χ1n) is 5.96. The van der Waals surface area contributed by atoms with E-state index in [1.54, 1.807) is 0 Å². The van der Waals surface area contributed by atoms with Crippen molar-refractivity contribution in [3.63, 3.8) is 0 Å². The number of aryl methyl sites for hydroxylation is 1. The van der Waals surface area contributed by atoms with Crippen LogP contribution in [0.15, 0.2) is 42.5 Å². The molecule has 2 aromatic rings. The molecule has 98 valence electrons. The largest absolute Gasteiger partial charge is 0.324 e. The van der Waals surface area contributed by atoms with Gasteiger partial charge in [-0.15, -0.1) is 0 Å². The van der Waals surface area contributed by atoms with E-state index in [1.807, 2.05) is 49.4 Å². The molecule has 1 amide bonds. The summed E-state index contributed by atoms with van der Waals surface area (Å²) < 4.78 is 0. The zero-order valence-corrected chi connectivity index (χ0v) is 11.4. The summed E-state index contributed by atoms with van der Waals surface area (Å²) in [6.45, 7) is 1.97. The third kappa shape index (κ3) is 3.34. The molecule has 2 aromatic carbocycles. The number of hydrogen-bond donors (Lipinski definition) is 2. The standard InChI is InChI=1S/C15H15ClN2O/c1-10-2-7-14(18-15(19)9-17)13(8-10)11-3-5-12(16)6-4-11/h2-8H,9,17H2,1H3,(H,18,19). The van der Waals surface area contributed by atoms with Crippen molar-refractivity contribution in [2.45, 2.75) is 6.92 Å². The molecule has 0 aliphatic carbocycles. The summed E-state index contributed by atoms with van der Waals surface area (Å²) in [5.41, 5.74) is 9.16. The maximum absolute atomic E-state index is 11.4. The molecule has 0 aliphatic rings. The molecule has 0 aromatic heterocycles. The molecular formula is C15H15ClN2O. The van der Waals surface area contributed by atoms with Crippen LogP contribution in [0.25, 0.3) is 11.1 Å². The Morgan fingerprint density at radius 1 is 1.21 bits per heavy atom. The van der Waals surface area contributed by atoms with E-state index >= 15 is 0 Å². The molecule has 0 radical (unpaired) electrons. The topological polar surface area (TPSA) is 55.1 Å². The zero-order chi connectivity index (χ0) is 13.8. The van der Waals surface area contributed by atoms with Crippen LogP contribution in [0, 0.1) is 6.92 Å². The van der Waals surface area contributed by atoms with Crippen molar-refractivity contribution in [1.29, 1.82) is 0 Å². The lowest BCUT2D eigenvalue weighted by Crippen LogP contribution is -2.22. The smallest absolute Gasteiger partial charge is 0.238 e. The molecule has 0 bridgehead atoms.